The van der Waals surface area contributed by atoms with Gasteiger partial charge in [0.05, 0.1) is 6.54 Å². The average Bonchev–Trinajstić information content (AvgIpc) is 2.73. The number of aryl methyl sites for hydroxylation is 1. The molecule has 0 aromatic carbocycles. The highest BCUT2D eigenvalue weighted by Crippen LogP contribution is 2.16. The minimum atomic E-state index is -0.478. The molecule has 0 bridgehead atoms. The van der Waals surface area contributed by atoms with Crippen molar-refractivity contribution in [2.45, 2.75) is 13.5 Å². The lowest BCUT2D eigenvalue weighted by Gasteiger charge is -2.12. The van der Waals surface area contributed by atoms with Gasteiger partial charge in [-0.05, 0) is 6.92 Å². The number of imidazole rings is 1. The van der Waals surface area contributed by atoms with Gasteiger partial charge in [-0.1, -0.05) is 5.92 Å². The summed E-state index contributed by atoms with van der Waals surface area (Å²) >= 11 is 0. The van der Waals surface area contributed by atoms with E-state index < -0.39 is 11.2 Å². The lowest BCUT2D eigenvalue weighted by molar-refractivity contribution is 0.818. The number of H-pyrrole nitrogens is 1. The van der Waals surface area contributed by atoms with E-state index in [4.69, 9.17) is 0 Å². The Hall–Kier alpha value is -2.49. The number of hydrogen-bond donors (Lipinski definition) is 1. The van der Waals surface area contributed by atoms with Gasteiger partial charge in [0, 0.05) is 21.1 Å². The Balaban J connectivity index is 2.92. The Bertz CT molecular complexity index is 798. The van der Waals surface area contributed by atoms with E-state index in [0.29, 0.717) is 23.7 Å². The topological polar surface area (TPSA) is 75.9 Å². The Labute approximate surface area is 109 Å². The normalized spacial score (nSPS) is 10.3. The summed E-state index contributed by atoms with van der Waals surface area (Å²) in [7, 11) is 5.22. The number of rotatable bonds is 2. The minimum Gasteiger partial charge on any atom is -0.348 e. The Kier molecular flexibility index (Phi) is 3.17. The Morgan fingerprint density at radius 3 is 2.63 bits per heavy atom. The van der Waals surface area contributed by atoms with Crippen molar-refractivity contribution in [3.63, 3.8) is 0 Å². The van der Waals surface area contributed by atoms with Crippen LogP contribution in [0.3, 0.4) is 0 Å². The molecule has 2 heterocycles. The van der Waals surface area contributed by atoms with E-state index in [9.17, 15) is 9.59 Å². The molecule has 0 radical (unpaired) electrons. The van der Waals surface area contributed by atoms with Crippen molar-refractivity contribution in [2.24, 2.45) is 7.05 Å². The monoisotopic (exact) mass is 261 g/mol. The molecule has 0 saturated heterocycles. The second-order valence-electron chi connectivity index (χ2n) is 4.31. The maximum Gasteiger partial charge on any atom is 0.329 e. The highest BCUT2D eigenvalue weighted by molar-refractivity contribution is 5.74. The van der Waals surface area contributed by atoms with Gasteiger partial charge in [0.25, 0.3) is 5.56 Å². The lowest BCUT2D eigenvalue weighted by atomic mass is 10.5. The first-order valence-corrected chi connectivity index (χ1v) is 5.73. The molecule has 2 aromatic heterocycles. The van der Waals surface area contributed by atoms with Gasteiger partial charge >= 0.3 is 5.69 Å². The second-order valence-corrected chi connectivity index (χ2v) is 4.31. The van der Waals surface area contributed by atoms with Crippen LogP contribution < -0.4 is 16.1 Å². The van der Waals surface area contributed by atoms with Crippen LogP contribution in [0.15, 0.2) is 9.59 Å². The minimum absolute atomic E-state index is 0.349. The zero-order chi connectivity index (χ0) is 14.2. The Morgan fingerprint density at radius 2 is 2.05 bits per heavy atom. The largest absolute Gasteiger partial charge is 0.348 e. The quantitative estimate of drug-likeness (QED) is 0.740. The fourth-order valence-corrected chi connectivity index (χ4v) is 1.87. The number of aromatic amines is 1. The molecule has 0 atom stereocenters. The zero-order valence-corrected chi connectivity index (χ0v) is 11.3. The molecule has 0 fully saturated rings. The number of nitrogens with one attached hydrogen (secondary N) is 1. The summed E-state index contributed by atoms with van der Waals surface area (Å²) in [6.45, 7) is 2.08. The smallest absolute Gasteiger partial charge is 0.329 e. The third-order valence-electron chi connectivity index (χ3n) is 2.80. The van der Waals surface area contributed by atoms with Gasteiger partial charge in [0.2, 0.25) is 5.95 Å². The molecular weight excluding hydrogens is 246 g/mol. The van der Waals surface area contributed by atoms with Crippen LogP contribution in [-0.2, 0) is 13.6 Å². The molecule has 100 valence electrons. The van der Waals surface area contributed by atoms with E-state index in [1.54, 1.807) is 23.4 Å². The van der Waals surface area contributed by atoms with Gasteiger partial charge < -0.3 is 4.90 Å². The summed E-state index contributed by atoms with van der Waals surface area (Å²) < 4.78 is 3.02. The lowest BCUT2D eigenvalue weighted by Crippen LogP contribution is -2.29. The molecule has 7 nitrogen and oxygen atoms in total. The first-order valence-electron chi connectivity index (χ1n) is 5.73. The van der Waals surface area contributed by atoms with Crippen molar-refractivity contribution in [3.05, 3.63) is 20.8 Å². The van der Waals surface area contributed by atoms with Crippen LogP contribution in [0.4, 0.5) is 5.95 Å². The predicted octanol–water partition coefficient (Wildman–Crippen LogP) is -0.487. The second kappa shape index (κ2) is 4.65. The average molecular weight is 261 g/mol. The summed E-state index contributed by atoms with van der Waals surface area (Å²) in [6.07, 6.45) is 0. The van der Waals surface area contributed by atoms with Crippen molar-refractivity contribution in [1.82, 2.24) is 19.1 Å². The molecule has 0 unspecified atom stereocenters. The van der Waals surface area contributed by atoms with Crippen molar-refractivity contribution in [2.75, 3.05) is 19.0 Å². The van der Waals surface area contributed by atoms with Crippen LogP contribution in [0.25, 0.3) is 11.2 Å². The number of aromatic nitrogens is 4. The summed E-state index contributed by atoms with van der Waals surface area (Å²) in [4.78, 5) is 32.0. The van der Waals surface area contributed by atoms with Crippen LogP contribution in [0.2, 0.25) is 0 Å². The molecule has 2 aromatic rings. The molecule has 7 heteroatoms. The number of anilines is 1. The maximum absolute atomic E-state index is 12.0. The summed E-state index contributed by atoms with van der Waals surface area (Å²) in [5.41, 5.74) is -0.213. The van der Waals surface area contributed by atoms with Gasteiger partial charge in [-0.3, -0.25) is 18.9 Å². The Morgan fingerprint density at radius 1 is 1.37 bits per heavy atom. The molecule has 19 heavy (non-hydrogen) atoms. The van der Waals surface area contributed by atoms with E-state index in [0.717, 1.165) is 0 Å². The first-order chi connectivity index (χ1) is 8.97. The predicted molar refractivity (Wildman–Crippen MR) is 73.4 cm³/mol. The van der Waals surface area contributed by atoms with E-state index >= 15 is 0 Å². The highest BCUT2D eigenvalue weighted by Gasteiger charge is 2.17. The number of hydrogen-bond acceptors (Lipinski definition) is 4. The van der Waals surface area contributed by atoms with Crippen molar-refractivity contribution in [3.8, 4) is 11.8 Å². The fourth-order valence-electron chi connectivity index (χ4n) is 1.87. The molecule has 1 N–H and O–H groups in total. The van der Waals surface area contributed by atoms with E-state index in [1.807, 2.05) is 14.1 Å². The van der Waals surface area contributed by atoms with Gasteiger partial charge in [0.1, 0.15) is 0 Å². The molecule has 0 amide bonds. The zero-order valence-electron chi connectivity index (χ0n) is 11.3. The van der Waals surface area contributed by atoms with Crippen LogP contribution >= 0.6 is 0 Å². The third-order valence-corrected chi connectivity index (χ3v) is 2.80. The summed E-state index contributed by atoms with van der Waals surface area (Å²) in [5.74, 6) is 6.28. The molecule has 0 aliphatic rings. The van der Waals surface area contributed by atoms with Gasteiger partial charge in [0.15, 0.2) is 11.2 Å². The fraction of sp³-hybridized carbons (Fsp3) is 0.417. The van der Waals surface area contributed by atoms with Gasteiger partial charge in [-0.25, -0.2) is 4.79 Å². The third kappa shape index (κ3) is 2.01. The van der Waals surface area contributed by atoms with Crippen molar-refractivity contribution >= 4 is 17.1 Å². The number of fused-ring (bicyclic) bond motifs is 1. The molecular formula is C12H15N5O2. The molecule has 0 saturated carbocycles. The standard InChI is InChI=1S/C12H15N5O2/c1-5-6-7-17-8-9(13-11(17)15(2)3)16(4)12(19)14-10(8)18/h7H2,1-4H3,(H,14,18,19). The first kappa shape index (κ1) is 13.0. The van der Waals surface area contributed by atoms with Crippen molar-refractivity contribution < 1.29 is 0 Å². The van der Waals surface area contributed by atoms with Gasteiger partial charge in [-0.15, -0.1) is 5.92 Å². The van der Waals surface area contributed by atoms with E-state index in [-0.39, 0.29) is 0 Å². The van der Waals surface area contributed by atoms with Crippen LogP contribution in [0.5, 0.6) is 0 Å². The highest BCUT2D eigenvalue weighted by atomic mass is 16.2. The van der Waals surface area contributed by atoms with E-state index in [1.165, 1.54) is 4.57 Å². The number of nitrogens with zero attached hydrogens (tertiary/aromatic N) is 4. The molecule has 0 spiro atoms. The molecule has 2 rings (SSSR count). The van der Waals surface area contributed by atoms with Crippen LogP contribution in [-0.4, -0.2) is 33.2 Å². The van der Waals surface area contributed by atoms with Crippen LogP contribution in [0, 0.1) is 11.8 Å². The van der Waals surface area contributed by atoms with E-state index in [2.05, 4.69) is 21.8 Å². The van der Waals surface area contributed by atoms with Crippen molar-refractivity contribution in [1.29, 1.82) is 0 Å². The summed E-state index contributed by atoms with van der Waals surface area (Å²) in [6, 6.07) is 0. The van der Waals surface area contributed by atoms with Gasteiger partial charge in [-0.2, -0.15) is 4.98 Å². The molecule has 0 aliphatic carbocycles. The summed E-state index contributed by atoms with van der Waals surface area (Å²) in [5, 5.41) is 0. The maximum atomic E-state index is 12.0. The molecule has 0 aliphatic heterocycles. The SMILES string of the molecule is CC#CCn1c(N(C)C)nc2c1c(=O)[nH]c(=O)n2C. The van der Waals surface area contributed by atoms with Crippen LogP contribution in [0.1, 0.15) is 6.92 Å².